The van der Waals surface area contributed by atoms with E-state index in [-0.39, 0.29) is 11.7 Å². The molecule has 1 aliphatic rings. The first-order chi connectivity index (χ1) is 14.8. The summed E-state index contributed by atoms with van der Waals surface area (Å²) in [6, 6.07) is 13.9. The first kappa shape index (κ1) is 23.8. The van der Waals surface area contributed by atoms with Gasteiger partial charge in [-0.3, -0.25) is 9.69 Å². The van der Waals surface area contributed by atoms with Crippen molar-refractivity contribution in [3.8, 4) is 5.75 Å². The average Bonchev–Trinajstić information content (AvgIpc) is 2.76. The number of carboxylic acid groups (broad SMARTS) is 2. The lowest BCUT2D eigenvalue weighted by Gasteiger charge is -2.34. The van der Waals surface area contributed by atoms with Gasteiger partial charge in [-0.15, -0.1) is 0 Å². The summed E-state index contributed by atoms with van der Waals surface area (Å²) in [4.78, 5) is 34.8. The van der Waals surface area contributed by atoms with E-state index in [9.17, 15) is 9.18 Å². The largest absolute Gasteiger partial charge is 0.494 e. The maximum atomic E-state index is 13.0. The van der Waals surface area contributed by atoms with Crippen molar-refractivity contribution in [2.45, 2.75) is 13.5 Å². The molecular formula is C22H25FN2O6. The molecule has 0 saturated carbocycles. The second kappa shape index (κ2) is 11.7. The van der Waals surface area contributed by atoms with Crippen LogP contribution in [0.15, 0.2) is 48.5 Å². The van der Waals surface area contributed by atoms with Crippen LogP contribution in [0.25, 0.3) is 0 Å². The quantitative estimate of drug-likeness (QED) is 0.699. The van der Waals surface area contributed by atoms with Crippen molar-refractivity contribution in [3.63, 3.8) is 0 Å². The number of piperazine rings is 1. The zero-order valence-corrected chi connectivity index (χ0v) is 17.2. The van der Waals surface area contributed by atoms with Crippen LogP contribution >= 0.6 is 0 Å². The maximum absolute atomic E-state index is 13.0. The third-order valence-corrected chi connectivity index (χ3v) is 4.57. The first-order valence-corrected chi connectivity index (χ1v) is 9.75. The molecule has 0 atom stereocenters. The van der Waals surface area contributed by atoms with Crippen LogP contribution in [-0.2, 0) is 16.1 Å². The van der Waals surface area contributed by atoms with E-state index in [1.165, 1.54) is 17.7 Å². The molecule has 31 heavy (non-hydrogen) atoms. The smallest absolute Gasteiger partial charge is 0.414 e. The average molecular weight is 432 g/mol. The van der Waals surface area contributed by atoms with Crippen LogP contribution in [0.1, 0.15) is 22.8 Å². The fourth-order valence-electron chi connectivity index (χ4n) is 3.00. The summed E-state index contributed by atoms with van der Waals surface area (Å²) in [5.41, 5.74) is 1.78. The van der Waals surface area contributed by atoms with Crippen LogP contribution < -0.4 is 4.74 Å². The van der Waals surface area contributed by atoms with E-state index in [2.05, 4.69) is 17.0 Å². The molecule has 166 valence electrons. The Balaban J connectivity index is 0.000000501. The highest BCUT2D eigenvalue weighted by Crippen LogP contribution is 2.15. The minimum atomic E-state index is -1.82. The van der Waals surface area contributed by atoms with Crippen LogP contribution in [0.2, 0.25) is 0 Å². The van der Waals surface area contributed by atoms with Crippen molar-refractivity contribution < 1.29 is 33.7 Å². The summed E-state index contributed by atoms with van der Waals surface area (Å²) in [7, 11) is 0. The zero-order valence-electron chi connectivity index (χ0n) is 17.2. The number of hydrogen-bond donors (Lipinski definition) is 2. The molecule has 1 saturated heterocycles. The number of hydrogen-bond acceptors (Lipinski definition) is 5. The number of halogens is 1. The highest BCUT2D eigenvalue weighted by molar-refractivity contribution is 6.27. The fraction of sp³-hybridized carbons (Fsp3) is 0.318. The number of carbonyl (C=O) groups is 3. The number of carbonyl (C=O) groups excluding carboxylic acids is 1. The third kappa shape index (κ3) is 7.71. The summed E-state index contributed by atoms with van der Waals surface area (Å²) in [6.45, 7) is 6.55. The molecular weight excluding hydrogens is 407 g/mol. The standard InChI is InChI=1S/C20H23FN2O2.C2H2O4/c1-2-25-19-9-3-16(4-10-19)15-22-11-13-23(14-12-22)20(24)17-5-7-18(21)8-6-17;3-1(4)2(5)6/h3-10H,2,11-15H2,1H3;(H,3,4)(H,5,6). The minimum Gasteiger partial charge on any atom is -0.494 e. The van der Waals surface area contributed by atoms with E-state index in [4.69, 9.17) is 24.5 Å². The molecule has 2 aromatic carbocycles. The van der Waals surface area contributed by atoms with Crippen molar-refractivity contribution in [2.75, 3.05) is 32.8 Å². The van der Waals surface area contributed by atoms with Gasteiger partial charge in [0.1, 0.15) is 11.6 Å². The van der Waals surface area contributed by atoms with E-state index >= 15 is 0 Å². The number of amides is 1. The van der Waals surface area contributed by atoms with Crippen molar-refractivity contribution in [2.24, 2.45) is 0 Å². The molecule has 0 aromatic heterocycles. The Bertz CT molecular complexity index is 866. The molecule has 0 bridgehead atoms. The van der Waals surface area contributed by atoms with Gasteiger partial charge in [0.25, 0.3) is 5.91 Å². The van der Waals surface area contributed by atoms with Gasteiger partial charge in [0.15, 0.2) is 0 Å². The van der Waals surface area contributed by atoms with Gasteiger partial charge in [0, 0.05) is 38.3 Å². The highest BCUT2D eigenvalue weighted by Gasteiger charge is 2.22. The van der Waals surface area contributed by atoms with Gasteiger partial charge >= 0.3 is 11.9 Å². The van der Waals surface area contributed by atoms with Crippen LogP contribution in [0.5, 0.6) is 5.75 Å². The van der Waals surface area contributed by atoms with E-state index in [0.29, 0.717) is 25.3 Å². The third-order valence-electron chi connectivity index (χ3n) is 4.57. The summed E-state index contributed by atoms with van der Waals surface area (Å²) >= 11 is 0. The number of ether oxygens (including phenoxy) is 1. The molecule has 9 heteroatoms. The summed E-state index contributed by atoms with van der Waals surface area (Å²) in [6.07, 6.45) is 0. The molecule has 2 aromatic rings. The first-order valence-electron chi connectivity index (χ1n) is 9.75. The molecule has 8 nitrogen and oxygen atoms in total. The Labute approximate surface area is 179 Å². The van der Waals surface area contributed by atoms with E-state index < -0.39 is 11.9 Å². The van der Waals surface area contributed by atoms with Crippen LogP contribution in [0, 0.1) is 5.82 Å². The Morgan fingerprint density at radius 3 is 1.94 bits per heavy atom. The Kier molecular flexibility index (Phi) is 8.95. The highest BCUT2D eigenvalue weighted by atomic mass is 19.1. The fourth-order valence-corrected chi connectivity index (χ4v) is 3.00. The van der Waals surface area contributed by atoms with Crippen molar-refractivity contribution in [1.82, 2.24) is 9.80 Å². The summed E-state index contributed by atoms with van der Waals surface area (Å²) < 4.78 is 18.4. The predicted molar refractivity (Wildman–Crippen MR) is 110 cm³/mol. The van der Waals surface area contributed by atoms with Gasteiger partial charge in [-0.2, -0.15) is 0 Å². The molecule has 2 N–H and O–H groups in total. The van der Waals surface area contributed by atoms with Gasteiger partial charge in [0.05, 0.1) is 6.61 Å². The number of rotatable bonds is 5. The number of benzene rings is 2. The predicted octanol–water partition coefficient (Wildman–Crippen LogP) is 2.34. The number of nitrogens with zero attached hydrogens (tertiary/aromatic N) is 2. The van der Waals surface area contributed by atoms with E-state index in [1.807, 2.05) is 24.0 Å². The summed E-state index contributed by atoms with van der Waals surface area (Å²) in [5.74, 6) is -3.11. The molecule has 0 spiro atoms. The molecule has 1 fully saturated rings. The van der Waals surface area contributed by atoms with Crippen molar-refractivity contribution >= 4 is 17.8 Å². The van der Waals surface area contributed by atoms with Crippen LogP contribution in [0.3, 0.4) is 0 Å². The lowest BCUT2D eigenvalue weighted by molar-refractivity contribution is -0.159. The topological polar surface area (TPSA) is 107 Å². The molecule has 0 unspecified atom stereocenters. The number of carboxylic acids is 2. The SMILES string of the molecule is CCOc1ccc(CN2CCN(C(=O)c3ccc(F)cc3)CC2)cc1.O=C(O)C(=O)O. The minimum absolute atomic E-state index is 0.0271. The lowest BCUT2D eigenvalue weighted by atomic mass is 10.1. The normalized spacial score (nSPS) is 13.7. The van der Waals surface area contributed by atoms with Gasteiger partial charge in [-0.05, 0) is 48.9 Å². The Hall–Kier alpha value is -3.46. The molecule has 1 aliphatic heterocycles. The van der Waals surface area contributed by atoms with E-state index in [0.717, 1.165) is 25.4 Å². The summed E-state index contributed by atoms with van der Waals surface area (Å²) in [5, 5.41) is 14.8. The molecule has 1 heterocycles. The van der Waals surface area contributed by atoms with Crippen LogP contribution in [0.4, 0.5) is 4.39 Å². The molecule has 3 rings (SSSR count). The van der Waals surface area contributed by atoms with Gasteiger partial charge in [0.2, 0.25) is 0 Å². The van der Waals surface area contributed by atoms with Gasteiger partial charge in [-0.25, -0.2) is 14.0 Å². The number of aliphatic carboxylic acids is 2. The van der Waals surface area contributed by atoms with Crippen molar-refractivity contribution in [1.29, 1.82) is 0 Å². The second-order valence-electron chi connectivity index (χ2n) is 6.76. The monoisotopic (exact) mass is 432 g/mol. The second-order valence-corrected chi connectivity index (χ2v) is 6.76. The van der Waals surface area contributed by atoms with E-state index in [1.54, 1.807) is 12.1 Å². The van der Waals surface area contributed by atoms with Crippen molar-refractivity contribution in [3.05, 3.63) is 65.5 Å². The molecule has 0 aliphatic carbocycles. The molecule has 1 amide bonds. The van der Waals surface area contributed by atoms with Gasteiger partial charge < -0.3 is 19.8 Å². The Morgan fingerprint density at radius 1 is 0.903 bits per heavy atom. The van der Waals surface area contributed by atoms with Crippen LogP contribution in [-0.4, -0.2) is 70.6 Å². The maximum Gasteiger partial charge on any atom is 0.414 e. The zero-order chi connectivity index (χ0) is 22.8. The Morgan fingerprint density at radius 2 is 1.45 bits per heavy atom. The van der Waals surface area contributed by atoms with Gasteiger partial charge in [-0.1, -0.05) is 12.1 Å². The lowest BCUT2D eigenvalue weighted by Crippen LogP contribution is -2.48. The molecule has 0 radical (unpaired) electrons.